The van der Waals surface area contributed by atoms with Crippen LogP contribution in [-0.2, 0) is 0 Å². The smallest absolute Gasteiger partial charge is 0.317 e. The molecule has 15 heavy (non-hydrogen) atoms. The maximum Gasteiger partial charge on any atom is 0.317 e. The van der Waals surface area contributed by atoms with Gasteiger partial charge in [0.1, 0.15) is 5.15 Å². The van der Waals surface area contributed by atoms with E-state index in [4.69, 9.17) is 16.3 Å². The van der Waals surface area contributed by atoms with Gasteiger partial charge >= 0.3 is 6.01 Å². The lowest BCUT2D eigenvalue weighted by molar-refractivity contribution is 0.205. The first-order valence-electron chi connectivity index (χ1n) is 5.16. The van der Waals surface area contributed by atoms with Gasteiger partial charge < -0.3 is 10.1 Å². The zero-order chi connectivity index (χ0) is 10.5. The molecule has 0 radical (unpaired) electrons. The highest BCUT2D eigenvalue weighted by atomic mass is 35.5. The third-order valence-corrected chi connectivity index (χ3v) is 2.66. The molecule has 1 aliphatic heterocycles. The standard InChI is InChI=1S/C10H14ClN3O/c11-9-3-5-13-10(14-9)15-7-8-2-1-4-12-6-8/h3,5,8,12H,1-2,4,6-7H2. The Balaban J connectivity index is 1.81. The fourth-order valence-corrected chi connectivity index (χ4v) is 1.78. The molecule has 1 atom stereocenters. The Morgan fingerprint density at radius 3 is 3.27 bits per heavy atom. The summed E-state index contributed by atoms with van der Waals surface area (Å²) < 4.78 is 5.48. The number of rotatable bonds is 3. The summed E-state index contributed by atoms with van der Waals surface area (Å²) in [5, 5.41) is 3.75. The summed E-state index contributed by atoms with van der Waals surface area (Å²) in [6.45, 7) is 2.79. The van der Waals surface area contributed by atoms with Gasteiger partial charge in [-0.15, -0.1) is 0 Å². The third kappa shape index (κ3) is 3.32. The Bertz CT molecular complexity index is 315. The van der Waals surface area contributed by atoms with E-state index in [1.807, 2.05) is 0 Å². The summed E-state index contributed by atoms with van der Waals surface area (Å²) in [6.07, 6.45) is 4.02. The molecule has 1 N–H and O–H groups in total. The summed E-state index contributed by atoms with van der Waals surface area (Å²) >= 11 is 5.72. The first-order chi connectivity index (χ1) is 7.34. The molecule has 0 amide bonds. The quantitative estimate of drug-likeness (QED) is 0.796. The predicted molar refractivity (Wildman–Crippen MR) is 58.1 cm³/mol. The van der Waals surface area contributed by atoms with Crippen LogP contribution in [0.2, 0.25) is 5.15 Å². The van der Waals surface area contributed by atoms with Crippen molar-refractivity contribution in [1.82, 2.24) is 15.3 Å². The molecule has 0 saturated carbocycles. The summed E-state index contributed by atoms with van der Waals surface area (Å²) in [6, 6.07) is 2.00. The van der Waals surface area contributed by atoms with Crippen LogP contribution in [-0.4, -0.2) is 29.7 Å². The average Bonchev–Trinajstić information content (AvgIpc) is 2.28. The predicted octanol–water partition coefficient (Wildman–Crippen LogP) is 1.51. The van der Waals surface area contributed by atoms with E-state index in [0.29, 0.717) is 23.7 Å². The molecule has 82 valence electrons. The van der Waals surface area contributed by atoms with Crippen molar-refractivity contribution in [1.29, 1.82) is 0 Å². The van der Waals surface area contributed by atoms with Gasteiger partial charge in [-0.25, -0.2) is 4.98 Å². The molecule has 1 saturated heterocycles. The van der Waals surface area contributed by atoms with E-state index in [1.54, 1.807) is 12.3 Å². The van der Waals surface area contributed by atoms with Crippen molar-refractivity contribution in [2.75, 3.05) is 19.7 Å². The molecule has 1 aliphatic rings. The van der Waals surface area contributed by atoms with Gasteiger partial charge in [0.05, 0.1) is 6.61 Å². The number of aromatic nitrogens is 2. The average molecular weight is 228 g/mol. The van der Waals surface area contributed by atoms with Crippen molar-refractivity contribution in [3.8, 4) is 6.01 Å². The van der Waals surface area contributed by atoms with Gasteiger partial charge in [-0.2, -0.15) is 4.98 Å². The molecule has 4 nitrogen and oxygen atoms in total. The van der Waals surface area contributed by atoms with Crippen molar-refractivity contribution in [2.45, 2.75) is 12.8 Å². The summed E-state index contributed by atoms with van der Waals surface area (Å²) in [7, 11) is 0. The van der Waals surface area contributed by atoms with E-state index in [-0.39, 0.29) is 0 Å². The van der Waals surface area contributed by atoms with Gasteiger partial charge in [0.25, 0.3) is 0 Å². The molecule has 5 heteroatoms. The lowest BCUT2D eigenvalue weighted by atomic mass is 10.0. The highest BCUT2D eigenvalue weighted by Crippen LogP contribution is 2.13. The molecular weight excluding hydrogens is 214 g/mol. The number of nitrogens with zero attached hydrogens (tertiary/aromatic N) is 2. The first-order valence-corrected chi connectivity index (χ1v) is 5.54. The minimum atomic E-state index is 0.369. The summed E-state index contributed by atoms with van der Waals surface area (Å²) in [5.74, 6) is 0.557. The van der Waals surface area contributed by atoms with Crippen molar-refractivity contribution in [3.05, 3.63) is 17.4 Å². The van der Waals surface area contributed by atoms with Crippen LogP contribution in [0.25, 0.3) is 0 Å². The van der Waals surface area contributed by atoms with Gasteiger partial charge in [0, 0.05) is 18.7 Å². The van der Waals surface area contributed by atoms with Crippen molar-refractivity contribution in [3.63, 3.8) is 0 Å². The molecule has 0 aromatic carbocycles. The van der Waals surface area contributed by atoms with Crippen LogP contribution in [0.1, 0.15) is 12.8 Å². The molecule has 0 aliphatic carbocycles. The molecule has 1 fully saturated rings. The van der Waals surface area contributed by atoms with Crippen LogP contribution in [0.5, 0.6) is 6.01 Å². The molecule has 2 rings (SSSR count). The highest BCUT2D eigenvalue weighted by molar-refractivity contribution is 6.29. The zero-order valence-corrected chi connectivity index (χ0v) is 9.20. The van der Waals surface area contributed by atoms with Crippen molar-refractivity contribution in [2.24, 2.45) is 5.92 Å². The number of nitrogens with one attached hydrogen (secondary N) is 1. The lowest BCUT2D eigenvalue weighted by Crippen LogP contribution is -2.33. The lowest BCUT2D eigenvalue weighted by Gasteiger charge is -2.22. The van der Waals surface area contributed by atoms with E-state index < -0.39 is 0 Å². The number of hydrogen-bond acceptors (Lipinski definition) is 4. The fourth-order valence-electron chi connectivity index (χ4n) is 1.65. The number of hydrogen-bond donors (Lipinski definition) is 1. The second-order valence-corrected chi connectivity index (χ2v) is 4.07. The summed E-state index contributed by atoms with van der Waals surface area (Å²) in [4.78, 5) is 7.96. The molecule has 1 unspecified atom stereocenters. The van der Waals surface area contributed by atoms with Gasteiger partial charge in [0.15, 0.2) is 0 Å². The topological polar surface area (TPSA) is 47.0 Å². The monoisotopic (exact) mass is 227 g/mol. The molecule has 0 spiro atoms. The van der Waals surface area contributed by atoms with Gasteiger partial charge in [-0.05, 0) is 25.5 Å². The Morgan fingerprint density at radius 2 is 2.53 bits per heavy atom. The number of piperidine rings is 1. The van der Waals surface area contributed by atoms with E-state index in [0.717, 1.165) is 13.1 Å². The van der Waals surface area contributed by atoms with Crippen LogP contribution in [0, 0.1) is 5.92 Å². The normalized spacial score (nSPS) is 21.3. The number of halogens is 1. The van der Waals surface area contributed by atoms with Crippen LogP contribution in [0.4, 0.5) is 0 Å². The second kappa shape index (κ2) is 5.28. The third-order valence-electron chi connectivity index (χ3n) is 2.45. The van der Waals surface area contributed by atoms with Crippen molar-refractivity contribution >= 4 is 11.6 Å². The van der Waals surface area contributed by atoms with Gasteiger partial charge in [0.2, 0.25) is 0 Å². The first kappa shape index (κ1) is 10.6. The van der Waals surface area contributed by atoms with Crippen LogP contribution in [0.3, 0.4) is 0 Å². The minimum absolute atomic E-state index is 0.369. The Labute approximate surface area is 94.0 Å². The minimum Gasteiger partial charge on any atom is -0.463 e. The van der Waals surface area contributed by atoms with Crippen molar-refractivity contribution < 1.29 is 4.74 Å². The zero-order valence-electron chi connectivity index (χ0n) is 8.45. The second-order valence-electron chi connectivity index (χ2n) is 3.69. The largest absolute Gasteiger partial charge is 0.463 e. The molecule has 0 bridgehead atoms. The van der Waals surface area contributed by atoms with Crippen LogP contribution in [0.15, 0.2) is 12.3 Å². The molecular formula is C10H14ClN3O. The highest BCUT2D eigenvalue weighted by Gasteiger charge is 2.13. The van der Waals surface area contributed by atoms with E-state index in [2.05, 4.69) is 15.3 Å². The maximum absolute atomic E-state index is 5.72. The Hall–Kier alpha value is -0.870. The van der Waals surface area contributed by atoms with E-state index in [9.17, 15) is 0 Å². The Kier molecular flexibility index (Phi) is 3.75. The van der Waals surface area contributed by atoms with Crippen LogP contribution >= 0.6 is 11.6 Å². The summed E-state index contributed by atoms with van der Waals surface area (Å²) in [5.41, 5.74) is 0. The Morgan fingerprint density at radius 1 is 1.60 bits per heavy atom. The molecule has 1 aromatic rings. The fraction of sp³-hybridized carbons (Fsp3) is 0.600. The number of ether oxygens (including phenoxy) is 1. The van der Waals surface area contributed by atoms with Gasteiger partial charge in [-0.1, -0.05) is 11.6 Å². The van der Waals surface area contributed by atoms with E-state index in [1.165, 1.54) is 12.8 Å². The SMILES string of the molecule is Clc1ccnc(OCC2CCCNC2)n1. The maximum atomic E-state index is 5.72. The van der Waals surface area contributed by atoms with Gasteiger partial charge in [-0.3, -0.25) is 0 Å². The molecule has 2 heterocycles. The van der Waals surface area contributed by atoms with E-state index >= 15 is 0 Å². The van der Waals surface area contributed by atoms with Crippen LogP contribution < -0.4 is 10.1 Å². The molecule has 1 aromatic heterocycles.